The van der Waals surface area contributed by atoms with E-state index in [1.807, 2.05) is 18.2 Å². The molecule has 0 unspecified atom stereocenters. The van der Waals surface area contributed by atoms with Crippen LogP contribution in [0.15, 0.2) is 47.4 Å². The van der Waals surface area contributed by atoms with E-state index in [4.69, 9.17) is 4.74 Å². The first-order valence-corrected chi connectivity index (χ1v) is 8.41. The van der Waals surface area contributed by atoms with Gasteiger partial charge in [-0.3, -0.25) is 9.59 Å². The molecule has 3 heterocycles. The van der Waals surface area contributed by atoms with Gasteiger partial charge in [-0.1, -0.05) is 18.2 Å². The van der Waals surface area contributed by atoms with Crippen molar-refractivity contribution in [1.82, 2.24) is 9.88 Å². The molecule has 0 atom stereocenters. The Morgan fingerprint density at radius 2 is 1.88 bits per heavy atom. The summed E-state index contributed by atoms with van der Waals surface area (Å²) >= 11 is 0. The van der Waals surface area contributed by atoms with E-state index in [2.05, 4.69) is 11.1 Å². The summed E-state index contributed by atoms with van der Waals surface area (Å²) < 4.78 is 6.31. The van der Waals surface area contributed by atoms with Crippen molar-refractivity contribution in [3.8, 4) is 5.75 Å². The fraction of sp³-hybridized carbons (Fsp3) is 0.368. The number of pyridine rings is 1. The van der Waals surface area contributed by atoms with Crippen molar-refractivity contribution in [1.29, 1.82) is 0 Å². The average molecular weight is 324 g/mol. The number of amides is 1. The smallest absolute Gasteiger partial charge is 0.260 e. The maximum Gasteiger partial charge on any atom is 0.260 e. The molecule has 1 aromatic carbocycles. The maximum absolute atomic E-state index is 12.6. The van der Waals surface area contributed by atoms with Crippen LogP contribution < -0.4 is 10.3 Å². The van der Waals surface area contributed by atoms with Crippen LogP contribution in [0.4, 0.5) is 0 Å². The van der Waals surface area contributed by atoms with Gasteiger partial charge in [0, 0.05) is 32.1 Å². The SMILES string of the molecule is O=C(c1ccc[nH]c1=O)N1CCC2(CCc3ccccc3O2)CC1. The highest BCUT2D eigenvalue weighted by Gasteiger charge is 2.40. The molecule has 1 amide bonds. The number of hydrogen-bond donors (Lipinski definition) is 1. The standard InChI is InChI=1S/C19H20N2O3/c22-17-15(5-3-11-20-17)18(23)21-12-9-19(10-13-21)8-7-14-4-1-2-6-16(14)24-19/h1-6,11H,7-10,12-13H2,(H,20,22). The number of benzene rings is 1. The van der Waals surface area contributed by atoms with Crippen molar-refractivity contribution in [3.63, 3.8) is 0 Å². The van der Waals surface area contributed by atoms with Crippen molar-refractivity contribution in [2.75, 3.05) is 13.1 Å². The number of para-hydroxylation sites is 1. The number of nitrogens with zero attached hydrogens (tertiary/aromatic N) is 1. The van der Waals surface area contributed by atoms with Crippen molar-refractivity contribution in [2.24, 2.45) is 0 Å². The molecule has 4 rings (SSSR count). The minimum Gasteiger partial charge on any atom is -0.487 e. The molecule has 0 aliphatic carbocycles. The molecule has 1 aromatic heterocycles. The third kappa shape index (κ3) is 2.60. The molecule has 0 bridgehead atoms. The number of ether oxygens (including phenoxy) is 1. The Hall–Kier alpha value is -2.56. The number of hydrogen-bond acceptors (Lipinski definition) is 3. The second kappa shape index (κ2) is 5.82. The van der Waals surface area contributed by atoms with Gasteiger partial charge in [-0.05, 0) is 36.6 Å². The number of piperidine rings is 1. The summed E-state index contributed by atoms with van der Waals surface area (Å²) in [6.07, 6.45) is 5.15. The lowest BCUT2D eigenvalue weighted by molar-refractivity contribution is -0.0107. The van der Waals surface area contributed by atoms with Gasteiger partial charge in [-0.15, -0.1) is 0 Å². The topological polar surface area (TPSA) is 62.4 Å². The molecule has 0 saturated carbocycles. The second-order valence-electron chi connectivity index (χ2n) is 6.60. The highest BCUT2D eigenvalue weighted by atomic mass is 16.5. The van der Waals surface area contributed by atoms with Crippen molar-refractivity contribution >= 4 is 5.91 Å². The number of aromatic amines is 1. The van der Waals surface area contributed by atoms with Crippen LogP contribution >= 0.6 is 0 Å². The van der Waals surface area contributed by atoms with Crippen LogP contribution in [0.5, 0.6) is 5.75 Å². The van der Waals surface area contributed by atoms with Gasteiger partial charge in [0.25, 0.3) is 11.5 Å². The average Bonchev–Trinajstić information content (AvgIpc) is 2.62. The first-order valence-electron chi connectivity index (χ1n) is 8.41. The van der Waals surface area contributed by atoms with Gasteiger partial charge in [0.1, 0.15) is 16.9 Å². The molecule has 0 radical (unpaired) electrons. The summed E-state index contributed by atoms with van der Waals surface area (Å²) in [7, 11) is 0. The van der Waals surface area contributed by atoms with Crippen LogP contribution in [0, 0.1) is 0 Å². The Labute approximate surface area is 140 Å². The number of aromatic nitrogens is 1. The fourth-order valence-corrected chi connectivity index (χ4v) is 3.69. The van der Waals surface area contributed by atoms with Crippen LogP contribution in [0.2, 0.25) is 0 Å². The van der Waals surface area contributed by atoms with Crippen LogP contribution in [-0.2, 0) is 6.42 Å². The van der Waals surface area contributed by atoms with E-state index < -0.39 is 0 Å². The Morgan fingerprint density at radius 3 is 2.67 bits per heavy atom. The number of rotatable bonds is 1. The molecule has 1 spiro atoms. The monoisotopic (exact) mass is 324 g/mol. The molecule has 1 N–H and O–H groups in total. The van der Waals surface area contributed by atoms with Crippen LogP contribution in [0.3, 0.4) is 0 Å². The normalized spacial score (nSPS) is 18.8. The number of H-pyrrole nitrogens is 1. The highest BCUT2D eigenvalue weighted by molar-refractivity contribution is 5.93. The lowest BCUT2D eigenvalue weighted by Crippen LogP contribution is -2.51. The second-order valence-corrected chi connectivity index (χ2v) is 6.60. The predicted molar refractivity (Wildman–Crippen MR) is 90.3 cm³/mol. The fourth-order valence-electron chi connectivity index (χ4n) is 3.69. The largest absolute Gasteiger partial charge is 0.487 e. The number of fused-ring (bicyclic) bond motifs is 1. The number of nitrogens with one attached hydrogen (secondary N) is 1. The van der Waals surface area contributed by atoms with E-state index in [-0.39, 0.29) is 22.6 Å². The van der Waals surface area contributed by atoms with Crippen LogP contribution in [-0.4, -0.2) is 34.5 Å². The molecule has 2 aromatic rings. The number of likely N-dealkylation sites (tertiary alicyclic amines) is 1. The lowest BCUT2D eigenvalue weighted by atomic mass is 9.83. The van der Waals surface area contributed by atoms with Gasteiger partial charge in [0.05, 0.1) is 0 Å². The Balaban J connectivity index is 1.47. The molecule has 124 valence electrons. The quantitative estimate of drug-likeness (QED) is 0.876. The molecular formula is C19H20N2O3. The van der Waals surface area contributed by atoms with E-state index in [1.165, 1.54) is 11.8 Å². The summed E-state index contributed by atoms with van der Waals surface area (Å²) in [5, 5.41) is 0. The third-order valence-corrected chi connectivity index (χ3v) is 5.16. The van der Waals surface area contributed by atoms with E-state index in [0.29, 0.717) is 13.1 Å². The van der Waals surface area contributed by atoms with Gasteiger partial charge >= 0.3 is 0 Å². The Kier molecular flexibility index (Phi) is 3.63. The summed E-state index contributed by atoms with van der Waals surface area (Å²) in [6, 6.07) is 11.4. The molecule has 1 fully saturated rings. The summed E-state index contributed by atoms with van der Waals surface area (Å²) in [6.45, 7) is 1.24. The van der Waals surface area contributed by atoms with E-state index in [0.717, 1.165) is 31.4 Å². The summed E-state index contributed by atoms with van der Waals surface area (Å²) in [5.41, 5.74) is 0.972. The highest BCUT2D eigenvalue weighted by Crippen LogP contribution is 2.39. The Morgan fingerprint density at radius 1 is 1.08 bits per heavy atom. The van der Waals surface area contributed by atoms with Crippen molar-refractivity contribution in [3.05, 3.63) is 64.1 Å². The molecule has 5 nitrogen and oxygen atoms in total. The zero-order chi connectivity index (χ0) is 16.6. The first-order chi connectivity index (χ1) is 11.7. The number of aryl methyl sites for hydroxylation is 1. The van der Waals surface area contributed by atoms with E-state index in [9.17, 15) is 9.59 Å². The van der Waals surface area contributed by atoms with Gasteiger partial charge in [0.2, 0.25) is 0 Å². The van der Waals surface area contributed by atoms with E-state index in [1.54, 1.807) is 17.0 Å². The number of carbonyl (C=O) groups is 1. The van der Waals surface area contributed by atoms with Gasteiger partial charge < -0.3 is 14.6 Å². The summed E-state index contributed by atoms with van der Waals surface area (Å²) in [5.74, 6) is 0.783. The maximum atomic E-state index is 12.6. The zero-order valence-electron chi connectivity index (χ0n) is 13.5. The molecule has 1 saturated heterocycles. The van der Waals surface area contributed by atoms with Gasteiger partial charge in [-0.25, -0.2) is 0 Å². The molecular weight excluding hydrogens is 304 g/mol. The lowest BCUT2D eigenvalue weighted by Gasteiger charge is -2.44. The third-order valence-electron chi connectivity index (χ3n) is 5.16. The van der Waals surface area contributed by atoms with E-state index >= 15 is 0 Å². The first kappa shape index (κ1) is 15.0. The minimum atomic E-state index is -0.328. The summed E-state index contributed by atoms with van der Waals surface area (Å²) in [4.78, 5) is 28.7. The van der Waals surface area contributed by atoms with Gasteiger partial charge in [0.15, 0.2) is 0 Å². The van der Waals surface area contributed by atoms with Crippen LogP contribution in [0.25, 0.3) is 0 Å². The Bertz CT molecular complexity index is 819. The molecule has 24 heavy (non-hydrogen) atoms. The number of carbonyl (C=O) groups excluding carboxylic acids is 1. The molecule has 2 aliphatic heterocycles. The molecule has 5 heteroatoms. The molecule has 2 aliphatic rings. The predicted octanol–water partition coefficient (Wildman–Crippen LogP) is 2.37. The zero-order valence-corrected chi connectivity index (χ0v) is 13.5. The van der Waals surface area contributed by atoms with Crippen LogP contribution in [0.1, 0.15) is 35.2 Å². The van der Waals surface area contributed by atoms with Gasteiger partial charge in [-0.2, -0.15) is 0 Å². The minimum absolute atomic E-state index is 0.172. The van der Waals surface area contributed by atoms with Crippen molar-refractivity contribution < 1.29 is 9.53 Å². The van der Waals surface area contributed by atoms with Crippen molar-refractivity contribution in [2.45, 2.75) is 31.3 Å².